The van der Waals surface area contributed by atoms with Crippen molar-refractivity contribution in [3.05, 3.63) is 45.5 Å². The van der Waals surface area contributed by atoms with Gasteiger partial charge >= 0.3 is 0 Å². The predicted octanol–water partition coefficient (Wildman–Crippen LogP) is 2.20. The molecular weight excluding hydrogens is 166 g/mol. The molecule has 0 bridgehead atoms. The zero-order chi connectivity index (χ0) is 9.84. The Kier molecular flexibility index (Phi) is 3.01. The first-order valence-corrected chi connectivity index (χ1v) is 4.29. The predicted molar refractivity (Wildman–Crippen MR) is 51.3 cm³/mol. The average molecular weight is 179 g/mol. The first kappa shape index (κ1) is 9.71. The second-order valence-electron chi connectivity index (χ2n) is 3.26. The summed E-state index contributed by atoms with van der Waals surface area (Å²) >= 11 is 0. The van der Waals surface area contributed by atoms with Crippen LogP contribution in [0, 0.1) is 17.0 Å². The molecule has 0 amide bonds. The van der Waals surface area contributed by atoms with Crippen molar-refractivity contribution in [3.63, 3.8) is 0 Å². The second-order valence-corrected chi connectivity index (χ2v) is 3.26. The van der Waals surface area contributed by atoms with Crippen molar-refractivity contribution in [1.82, 2.24) is 0 Å². The Morgan fingerprint density at radius 1 is 1.46 bits per heavy atom. The van der Waals surface area contributed by atoms with E-state index in [9.17, 15) is 10.1 Å². The molecule has 0 radical (unpaired) electrons. The van der Waals surface area contributed by atoms with E-state index in [0.717, 1.165) is 11.1 Å². The number of rotatable bonds is 3. The highest BCUT2D eigenvalue weighted by Gasteiger charge is 2.13. The largest absolute Gasteiger partial charge is 0.264 e. The third-order valence-electron chi connectivity index (χ3n) is 2.14. The van der Waals surface area contributed by atoms with Gasteiger partial charge in [-0.2, -0.15) is 0 Å². The van der Waals surface area contributed by atoms with Crippen LogP contribution in [-0.4, -0.2) is 11.0 Å². The van der Waals surface area contributed by atoms with Gasteiger partial charge in [-0.3, -0.25) is 10.1 Å². The minimum Gasteiger partial charge on any atom is -0.264 e. The molecule has 0 saturated carbocycles. The molecule has 0 spiro atoms. The smallest absolute Gasteiger partial charge is 0.214 e. The molecular formula is C10H13NO2. The number of hydrogen-bond donors (Lipinski definition) is 0. The van der Waals surface area contributed by atoms with Gasteiger partial charge in [0.2, 0.25) is 6.04 Å². The Morgan fingerprint density at radius 2 is 2.08 bits per heavy atom. The fourth-order valence-corrected chi connectivity index (χ4v) is 1.23. The van der Waals surface area contributed by atoms with Gasteiger partial charge in [-0.25, -0.2) is 0 Å². The van der Waals surface area contributed by atoms with Gasteiger partial charge in [0.15, 0.2) is 0 Å². The normalized spacial score (nSPS) is 12.5. The average Bonchev–Trinajstić information content (AvgIpc) is 2.08. The summed E-state index contributed by atoms with van der Waals surface area (Å²) in [5, 5.41) is 10.4. The van der Waals surface area contributed by atoms with Crippen LogP contribution >= 0.6 is 0 Å². The van der Waals surface area contributed by atoms with E-state index in [4.69, 9.17) is 0 Å². The zero-order valence-corrected chi connectivity index (χ0v) is 7.86. The van der Waals surface area contributed by atoms with Crippen LogP contribution in [0.25, 0.3) is 0 Å². The molecule has 0 aromatic heterocycles. The minimum absolute atomic E-state index is 0.244. The van der Waals surface area contributed by atoms with E-state index in [1.807, 2.05) is 31.2 Å². The zero-order valence-electron chi connectivity index (χ0n) is 7.86. The monoisotopic (exact) mass is 179 g/mol. The van der Waals surface area contributed by atoms with E-state index < -0.39 is 6.04 Å². The highest BCUT2D eigenvalue weighted by atomic mass is 16.6. The molecule has 0 heterocycles. The number of hydrogen-bond acceptors (Lipinski definition) is 2. The van der Waals surface area contributed by atoms with Crippen molar-refractivity contribution >= 4 is 0 Å². The number of nitrogens with zero attached hydrogens (tertiary/aromatic N) is 1. The van der Waals surface area contributed by atoms with Crippen LogP contribution in [-0.2, 0) is 6.42 Å². The van der Waals surface area contributed by atoms with Crippen molar-refractivity contribution in [2.24, 2.45) is 0 Å². The maximum atomic E-state index is 10.4. The molecule has 0 aliphatic heterocycles. The van der Waals surface area contributed by atoms with Crippen LogP contribution < -0.4 is 0 Å². The Hall–Kier alpha value is -1.38. The van der Waals surface area contributed by atoms with Crippen LogP contribution in [0.2, 0.25) is 0 Å². The molecule has 3 heteroatoms. The molecule has 0 aliphatic carbocycles. The maximum absolute atomic E-state index is 10.4. The molecule has 3 nitrogen and oxygen atoms in total. The fraction of sp³-hybridized carbons (Fsp3) is 0.400. The third-order valence-corrected chi connectivity index (χ3v) is 2.14. The molecule has 1 aromatic carbocycles. The van der Waals surface area contributed by atoms with E-state index in [0.29, 0.717) is 6.42 Å². The van der Waals surface area contributed by atoms with Gasteiger partial charge < -0.3 is 0 Å². The lowest BCUT2D eigenvalue weighted by atomic mass is 10.0. The Labute approximate surface area is 77.5 Å². The van der Waals surface area contributed by atoms with E-state index in [1.165, 1.54) is 0 Å². The van der Waals surface area contributed by atoms with Gasteiger partial charge in [0.05, 0.1) is 0 Å². The molecule has 1 atom stereocenters. The molecule has 1 unspecified atom stereocenters. The molecule has 0 N–H and O–H groups in total. The quantitative estimate of drug-likeness (QED) is 0.527. The van der Waals surface area contributed by atoms with Crippen molar-refractivity contribution < 1.29 is 4.92 Å². The molecule has 0 aliphatic rings. The molecule has 1 aromatic rings. The standard InChI is InChI=1S/C10H13NO2/c1-8-5-3-4-6-10(8)7-9(2)11(12)13/h3-6,9H,7H2,1-2H3. The van der Waals surface area contributed by atoms with Crippen LogP contribution in [0.1, 0.15) is 18.1 Å². The van der Waals surface area contributed by atoms with E-state index in [-0.39, 0.29) is 4.92 Å². The van der Waals surface area contributed by atoms with E-state index >= 15 is 0 Å². The molecule has 13 heavy (non-hydrogen) atoms. The van der Waals surface area contributed by atoms with Gasteiger partial charge in [-0.1, -0.05) is 24.3 Å². The lowest BCUT2D eigenvalue weighted by molar-refractivity contribution is -0.517. The summed E-state index contributed by atoms with van der Waals surface area (Å²) in [5.41, 5.74) is 2.18. The van der Waals surface area contributed by atoms with E-state index in [1.54, 1.807) is 6.92 Å². The lowest BCUT2D eigenvalue weighted by Gasteiger charge is -2.06. The van der Waals surface area contributed by atoms with Crippen LogP contribution in [0.5, 0.6) is 0 Å². The third kappa shape index (κ3) is 2.54. The van der Waals surface area contributed by atoms with Crippen LogP contribution in [0.4, 0.5) is 0 Å². The van der Waals surface area contributed by atoms with Crippen molar-refractivity contribution in [2.45, 2.75) is 26.3 Å². The highest BCUT2D eigenvalue weighted by Crippen LogP contribution is 2.10. The Balaban J connectivity index is 2.74. The number of nitro groups is 1. The van der Waals surface area contributed by atoms with Crippen molar-refractivity contribution in [3.8, 4) is 0 Å². The first-order valence-electron chi connectivity index (χ1n) is 4.29. The Morgan fingerprint density at radius 3 is 2.62 bits per heavy atom. The SMILES string of the molecule is Cc1ccccc1CC(C)[N+](=O)[O-]. The minimum atomic E-state index is -0.499. The maximum Gasteiger partial charge on any atom is 0.214 e. The van der Waals surface area contributed by atoms with Gasteiger partial charge in [0.1, 0.15) is 0 Å². The lowest BCUT2D eigenvalue weighted by Crippen LogP contribution is -2.18. The summed E-state index contributed by atoms with van der Waals surface area (Å²) < 4.78 is 0. The first-order chi connectivity index (χ1) is 6.11. The Bertz CT molecular complexity index is 310. The summed E-state index contributed by atoms with van der Waals surface area (Å²) in [7, 11) is 0. The summed E-state index contributed by atoms with van der Waals surface area (Å²) in [6.45, 7) is 3.61. The fourth-order valence-electron chi connectivity index (χ4n) is 1.23. The molecule has 0 saturated heterocycles. The van der Waals surface area contributed by atoms with Gasteiger partial charge in [0.25, 0.3) is 0 Å². The van der Waals surface area contributed by atoms with Crippen LogP contribution in [0.15, 0.2) is 24.3 Å². The number of aryl methyl sites for hydroxylation is 1. The summed E-state index contributed by atoms with van der Waals surface area (Å²) in [5.74, 6) is 0. The molecule has 70 valence electrons. The summed E-state index contributed by atoms with van der Waals surface area (Å²) in [6, 6.07) is 7.27. The number of benzene rings is 1. The second kappa shape index (κ2) is 4.03. The molecule has 1 rings (SSSR count). The van der Waals surface area contributed by atoms with Gasteiger partial charge in [0, 0.05) is 18.3 Å². The van der Waals surface area contributed by atoms with Crippen molar-refractivity contribution in [2.75, 3.05) is 0 Å². The topological polar surface area (TPSA) is 43.1 Å². The van der Waals surface area contributed by atoms with Gasteiger partial charge in [-0.15, -0.1) is 0 Å². The van der Waals surface area contributed by atoms with Gasteiger partial charge in [-0.05, 0) is 18.1 Å². The highest BCUT2D eigenvalue weighted by molar-refractivity contribution is 5.25. The van der Waals surface area contributed by atoms with E-state index in [2.05, 4.69) is 0 Å². The van der Waals surface area contributed by atoms with Crippen molar-refractivity contribution in [1.29, 1.82) is 0 Å². The molecule has 0 fully saturated rings. The summed E-state index contributed by atoms with van der Waals surface area (Å²) in [6.07, 6.45) is 0.514. The van der Waals surface area contributed by atoms with Crippen LogP contribution in [0.3, 0.4) is 0 Å². The summed E-state index contributed by atoms with van der Waals surface area (Å²) in [4.78, 5) is 10.2.